The van der Waals surface area contributed by atoms with Crippen molar-refractivity contribution in [3.8, 4) is 0 Å². The maximum Gasteiger partial charge on any atom is 0.0621 e. The van der Waals surface area contributed by atoms with E-state index >= 15 is 0 Å². The second-order valence-corrected chi connectivity index (χ2v) is 5.66. The van der Waals surface area contributed by atoms with Gasteiger partial charge in [0.05, 0.1) is 5.02 Å². The van der Waals surface area contributed by atoms with E-state index in [1.54, 1.807) is 12.4 Å². The summed E-state index contributed by atoms with van der Waals surface area (Å²) < 4.78 is 0. The summed E-state index contributed by atoms with van der Waals surface area (Å²) in [5, 5.41) is 0.703. The van der Waals surface area contributed by atoms with Crippen LogP contribution in [0.3, 0.4) is 0 Å². The molecule has 0 aromatic carbocycles. The van der Waals surface area contributed by atoms with Gasteiger partial charge in [0.2, 0.25) is 0 Å². The van der Waals surface area contributed by atoms with Gasteiger partial charge in [0, 0.05) is 44.1 Å². The van der Waals surface area contributed by atoms with Crippen LogP contribution in [0, 0.1) is 0 Å². The second-order valence-electron chi connectivity index (χ2n) is 5.25. The van der Waals surface area contributed by atoms with Crippen molar-refractivity contribution in [1.29, 1.82) is 0 Å². The van der Waals surface area contributed by atoms with Gasteiger partial charge in [-0.05, 0) is 32.1 Å². The Morgan fingerprint density at radius 1 is 1.53 bits per heavy atom. The van der Waals surface area contributed by atoms with Gasteiger partial charge in [-0.2, -0.15) is 0 Å². The van der Waals surface area contributed by atoms with Crippen LogP contribution in [0.2, 0.25) is 5.02 Å². The predicted octanol–water partition coefficient (Wildman–Crippen LogP) is 0.355. The molecule has 0 bridgehead atoms. The molecule has 1 saturated heterocycles. The minimum atomic E-state index is 0.174. The van der Waals surface area contributed by atoms with Gasteiger partial charge in [-0.3, -0.25) is 21.2 Å². The molecule has 2 unspecified atom stereocenters. The number of aromatic nitrogens is 1. The normalized spacial score (nSPS) is 23.5. The van der Waals surface area contributed by atoms with Gasteiger partial charge in [-0.1, -0.05) is 11.6 Å². The quantitative estimate of drug-likeness (QED) is 0.617. The molecular formula is C13H22ClN5. The topological polar surface area (TPSA) is 57.4 Å². The number of rotatable bonds is 4. The van der Waals surface area contributed by atoms with Crippen LogP contribution < -0.4 is 11.3 Å². The number of nitrogens with two attached hydrogens (primary N) is 1. The number of halogens is 1. The van der Waals surface area contributed by atoms with E-state index in [1.165, 1.54) is 0 Å². The van der Waals surface area contributed by atoms with E-state index in [1.807, 2.05) is 6.07 Å². The lowest BCUT2D eigenvalue weighted by atomic mass is 9.97. The van der Waals surface area contributed by atoms with E-state index in [4.69, 9.17) is 17.4 Å². The molecule has 1 aliphatic heterocycles. The van der Waals surface area contributed by atoms with Crippen molar-refractivity contribution in [2.75, 3.05) is 33.7 Å². The van der Waals surface area contributed by atoms with Crippen molar-refractivity contribution < 1.29 is 0 Å². The molecule has 5 nitrogen and oxygen atoms in total. The average Bonchev–Trinajstić information content (AvgIpc) is 2.41. The average molecular weight is 284 g/mol. The van der Waals surface area contributed by atoms with E-state index in [-0.39, 0.29) is 6.04 Å². The number of hydrogen-bond acceptors (Lipinski definition) is 5. The fourth-order valence-electron chi connectivity index (χ4n) is 2.59. The van der Waals surface area contributed by atoms with Crippen LogP contribution in [0.25, 0.3) is 0 Å². The Labute approximate surface area is 119 Å². The smallest absolute Gasteiger partial charge is 0.0621 e. The van der Waals surface area contributed by atoms with E-state index < -0.39 is 0 Å². The highest BCUT2D eigenvalue weighted by Crippen LogP contribution is 2.19. The third-order valence-corrected chi connectivity index (χ3v) is 4.21. The van der Waals surface area contributed by atoms with Crippen LogP contribution in [0.15, 0.2) is 18.5 Å². The number of piperazine rings is 1. The van der Waals surface area contributed by atoms with Gasteiger partial charge in [0.25, 0.3) is 0 Å². The third-order valence-electron chi connectivity index (χ3n) is 3.87. The molecule has 0 amide bonds. The SMILES string of the molecule is CN1CCN(C)C(C(Cc2ccncc2Cl)NN)C1. The zero-order valence-corrected chi connectivity index (χ0v) is 12.3. The fourth-order valence-corrected chi connectivity index (χ4v) is 2.79. The van der Waals surface area contributed by atoms with Gasteiger partial charge in [-0.15, -0.1) is 0 Å². The first-order chi connectivity index (χ1) is 9.11. The van der Waals surface area contributed by atoms with Gasteiger partial charge < -0.3 is 4.90 Å². The van der Waals surface area contributed by atoms with E-state index in [9.17, 15) is 0 Å². The highest BCUT2D eigenvalue weighted by atomic mass is 35.5. The number of hydrazine groups is 1. The highest BCUT2D eigenvalue weighted by molar-refractivity contribution is 6.31. The Morgan fingerprint density at radius 2 is 2.32 bits per heavy atom. The van der Waals surface area contributed by atoms with Crippen molar-refractivity contribution in [3.63, 3.8) is 0 Å². The molecule has 0 spiro atoms. The van der Waals surface area contributed by atoms with Crippen molar-refractivity contribution in [1.82, 2.24) is 20.2 Å². The largest absolute Gasteiger partial charge is 0.303 e. The zero-order chi connectivity index (χ0) is 13.8. The summed E-state index contributed by atoms with van der Waals surface area (Å²) in [6.07, 6.45) is 4.26. The van der Waals surface area contributed by atoms with Crippen molar-refractivity contribution in [2.24, 2.45) is 5.84 Å². The predicted molar refractivity (Wildman–Crippen MR) is 78.0 cm³/mol. The third kappa shape index (κ3) is 3.64. The maximum atomic E-state index is 6.17. The molecule has 1 aromatic heterocycles. The lowest BCUT2D eigenvalue weighted by Crippen LogP contribution is -2.60. The number of hydrogen-bond donors (Lipinski definition) is 2. The van der Waals surface area contributed by atoms with Crippen LogP contribution in [0.1, 0.15) is 5.56 Å². The minimum absolute atomic E-state index is 0.174. The van der Waals surface area contributed by atoms with E-state index in [0.29, 0.717) is 11.1 Å². The molecule has 0 aliphatic carbocycles. The minimum Gasteiger partial charge on any atom is -0.303 e. The van der Waals surface area contributed by atoms with Crippen LogP contribution >= 0.6 is 11.6 Å². The Morgan fingerprint density at radius 3 is 3.00 bits per heavy atom. The Hall–Kier alpha value is -0.720. The molecule has 1 aromatic rings. The molecule has 0 saturated carbocycles. The first-order valence-corrected chi connectivity index (χ1v) is 6.93. The van der Waals surface area contributed by atoms with Crippen molar-refractivity contribution in [2.45, 2.75) is 18.5 Å². The number of pyridine rings is 1. The number of nitrogens with zero attached hydrogens (tertiary/aromatic N) is 3. The van der Waals surface area contributed by atoms with Crippen LogP contribution in [-0.2, 0) is 6.42 Å². The fraction of sp³-hybridized carbons (Fsp3) is 0.615. The first-order valence-electron chi connectivity index (χ1n) is 6.55. The van der Waals surface area contributed by atoms with Crippen molar-refractivity contribution >= 4 is 11.6 Å². The summed E-state index contributed by atoms with van der Waals surface area (Å²) >= 11 is 6.17. The Bertz CT molecular complexity index is 414. The Balaban J connectivity index is 2.09. The molecule has 6 heteroatoms. The molecule has 19 heavy (non-hydrogen) atoms. The molecule has 2 atom stereocenters. The molecule has 0 radical (unpaired) electrons. The van der Waals surface area contributed by atoms with Gasteiger partial charge in [0.1, 0.15) is 0 Å². The summed E-state index contributed by atoms with van der Waals surface area (Å²) in [5.41, 5.74) is 4.04. The molecule has 1 aliphatic rings. The van der Waals surface area contributed by atoms with Crippen LogP contribution in [0.4, 0.5) is 0 Å². The molecular weight excluding hydrogens is 262 g/mol. The van der Waals surface area contributed by atoms with Crippen LogP contribution in [-0.4, -0.2) is 60.6 Å². The summed E-state index contributed by atoms with van der Waals surface area (Å²) in [4.78, 5) is 8.71. The van der Waals surface area contributed by atoms with Crippen LogP contribution in [0.5, 0.6) is 0 Å². The maximum absolute atomic E-state index is 6.17. The van der Waals surface area contributed by atoms with E-state index in [0.717, 1.165) is 31.6 Å². The molecule has 106 valence electrons. The van der Waals surface area contributed by atoms with Crippen molar-refractivity contribution in [3.05, 3.63) is 29.0 Å². The van der Waals surface area contributed by atoms with Gasteiger partial charge in [-0.25, -0.2) is 0 Å². The lowest BCUT2D eigenvalue weighted by Gasteiger charge is -2.41. The highest BCUT2D eigenvalue weighted by Gasteiger charge is 2.29. The van der Waals surface area contributed by atoms with Gasteiger partial charge in [0.15, 0.2) is 0 Å². The molecule has 1 fully saturated rings. The summed E-state index contributed by atoms with van der Waals surface area (Å²) in [5.74, 6) is 5.76. The molecule has 2 rings (SSSR count). The lowest BCUT2D eigenvalue weighted by molar-refractivity contribution is 0.0877. The molecule has 3 N–H and O–H groups in total. The standard InChI is InChI=1S/C13H22ClN5/c1-18-5-6-19(2)13(9-18)12(17-15)7-10-3-4-16-8-11(10)14/h3-4,8,12-13,17H,5-7,9,15H2,1-2H3. The van der Waals surface area contributed by atoms with Gasteiger partial charge >= 0.3 is 0 Å². The summed E-state index contributed by atoms with van der Waals surface area (Å²) in [6.45, 7) is 3.16. The first kappa shape index (κ1) is 14.7. The Kier molecular flexibility index (Phi) is 5.13. The monoisotopic (exact) mass is 283 g/mol. The second kappa shape index (κ2) is 6.63. The number of likely N-dealkylation sites (N-methyl/N-ethyl adjacent to an activating group) is 2. The number of nitrogens with one attached hydrogen (secondary N) is 1. The zero-order valence-electron chi connectivity index (χ0n) is 11.5. The van der Waals surface area contributed by atoms with E-state index in [2.05, 4.69) is 34.3 Å². The molecule has 2 heterocycles. The summed E-state index contributed by atoms with van der Waals surface area (Å²) in [7, 11) is 4.29. The summed E-state index contributed by atoms with van der Waals surface area (Å²) in [6, 6.07) is 2.51.